The van der Waals surface area contributed by atoms with Crippen LogP contribution in [-0.4, -0.2) is 36.3 Å². The average Bonchev–Trinajstić information content (AvgIpc) is 3.19. The predicted octanol–water partition coefficient (Wildman–Crippen LogP) is 3.05. The Labute approximate surface area is 168 Å². The van der Waals surface area contributed by atoms with E-state index in [-0.39, 0.29) is 6.54 Å². The molecule has 0 spiro atoms. The summed E-state index contributed by atoms with van der Waals surface area (Å²) in [6.45, 7) is 3.83. The number of carbonyl (C=O) groups is 2. The molecule has 1 aliphatic heterocycles. The molecule has 5 nitrogen and oxygen atoms in total. The van der Waals surface area contributed by atoms with Gasteiger partial charge in [0.25, 0.3) is 0 Å². The number of piperidine rings is 1. The van der Waals surface area contributed by atoms with Gasteiger partial charge in [0.2, 0.25) is 0 Å². The molecule has 0 saturated carbocycles. The zero-order valence-electron chi connectivity index (χ0n) is 15.1. The normalized spacial score (nSPS) is 15.4. The largest absolute Gasteiger partial charge is 0.348 e. The van der Waals surface area contributed by atoms with E-state index in [1.807, 2.05) is 18.2 Å². The van der Waals surface area contributed by atoms with Gasteiger partial charge in [-0.05, 0) is 65.9 Å². The summed E-state index contributed by atoms with van der Waals surface area (Å²) in [4.78, 5) is 26.4. The highest BCUT2D eigenvalue weighted by Gasteiger charge is 2.21. The number of benzene rings is 1. The van der Waals surface area contributed by atoms with Crippen molar-refractivity contribution in [2.75, 3.05) is 19.6 Å². The third-order valence-corrected chi connectivity index (χ3v) is 5.95. The van der Waals surface area contributed by atoms with Gasteiger partial charge in [0, 0.05) is 24.7 Å². The molecule has 2 N–H and O–H groups in total. The van der Waals surface area contributed by atoms with Crippen molar-refractivity contribution in [3.63, 3.8) is 0 Å². The minimum Gasteiger partial charge on any atom is -0.348 e. The van der Waals surface area contributed by atoms with Crippen LogP contribution in [0.15, 0.2) is 41.1 Å². The van der Waals surface area contributed by atoms with Crippen molar-refractivity contribution in [3.05, 3.63) is 57.2 Å². The number of nitrogens with zero attached hydrogens (tertiary/aromatic N) is 1. The zero-order valence-corrected chi connectivity index (χ0v) is 16.7. The van der Waals surface area contributed by atoms with Gasteiger partial charge in [0.05, 0.1) is 0 Å². The molecule has 1 aromatic carbocycles. The van der Waals surface area contributed by atoms with Gasteiger partial charge in [-0.15, -0.1) is 0 Å². The Morgan fingerprint density at radius 2 is 1.85 bits per heavy atom. The minimum atomic E-state index is -0.621. The lowest BCUT2D eigenvalue weighted by atomic mass is 9.96. The van der Waals surface area contributed by atoms with Gasteiger partial charge >= 0.3 is 11.8 Å². The highest BCUT2D eigenvalue weighted by atomic mass is 35.5. The standard InChI is InChI=1S/C20H24ClN3O2S/c21-18-4-2-1-3-17(18)12-23-20(26)19(25)22-11-15-5-8-24(9-6-15)13-16-7-10-27-14-16/h1-4,7,10,14-15H,5-6,8-9,11-13H2,(H,22,25)(H,23,26). The van der Waals surface area contributed by atoms with Gasteiger partial charge in [0.15, 0.2) is 0 Å². The Morgan fingerprint density at radius 1 is 1.11 bits per heavy atom. The lowest BCUT2D eigenvalue weighted by Crippen LogP contribution is -2.43. The van der Waals surface area contributed by atoms with E-state index in [9.17, 15) is 9.59 Å². The summed E-state index contributed by atoms with van der Waals surface area (Å²) in [5.41, 5.74) is 2.15. The van der Waals surface area contributed by atoms with Crippen LogP contribution in [0.2, 0.25) is 5.02 Å². The summed E-state index contributed by atoms with van der Waals surface area (Å²) in [6.07, 6.45) is 2.07. The predicted molar refractivity (Wildman–Crippen MR) is 109 cm³/mol. The van der Waals surface area contributed by atoms with Gasteiger partial charge in [-0.3, -0.25) is 14.5 Å². The van der Waals surface area contributed by atoms with Crippen molar-refractivity contribution in [2.24, 2.45) is 5.92 Å². The fraction of sp³-hybridized carbons (Fsp3) is 0.400. The van der Waals surface area contributed by atoms with Crippen LogP contribution < -0.4 is 10.6 Å². The van der Waals surface area contributed by atoms with E-state index in [1.54, 1.807) is 17.4 Å². The summed E-state index contributed by atoms with van der Waals surface area (Å²) >= 11 is 7.78. The van der Waals surface area contributed by atoms with E-state index in [1.165, 1.54) is 5.56 Å². The quantitative estimate of drug-likeness (QED) is 0.726. The molecule has 27 heavy (non-hydrogen) atoms. The monoisotopic (exact) mass is 405 g/mol. The van der Waals surface area contributed by atoms with Crippen molar-refractivity contribution in [3.8, 4) is 0 Å². The molecule has 0 unspecified atom stereocenters. The molecule has 1 saturated heterocycles. The van der Waals surface area contributed by atoms with Crippen LogP contribution in [0.1, 0.15) is 24.0 Å². The molecular formula is C20H24ClN3O2S. The van der Waals surface area contributed by atoms with Crippen molar-refractivity contribution >= 4 is 34.8 Å². The number of rotatable bonds is 6. The molecule has 144 valence electrons. The van der Waals surface area contributed by atoms with E-state index in [2.05, 4.69) is 32.4 Å². The number of amides is 2. The maximum atomic E-state index is 12.0. The van der Waals surface area contributed by atoms with Crippen molar-refractivity contribution in [1.29, 1.82) is 0 Å². The first-order chi connectivity index (χ1) is 13.1. The van der Waals surface area contributed by atoms with E-state index in [0.29, 0.717) is 17.5 Å². The lowest BCUT2D eigenvalue weighted by Gasteiger charge is -2.31. The van der Waals surface area contributed by atoms with Crippen LogP contribution in [0.25, 0.3) is 0 Å². The molecule has 2 heterocycles. The van der Waals surface area contributed by atoms with Crippen molar-refractivity contribution < 1.29 is 9.59 Å². The van der Waals surface area contributed by atoms with Gasteiger partial charge in [-0.2, -0.15) is 11.3 Å². The Morgan fingerprint density at radius 3 is 2.56 bits per heavy atom. The topological polar surface area (TPSA) is 61.4 Å². The second kappa shape index (κ2) is 9.88. The fourth-order valence-electron chi connectivity index (χ4n) is 3.20. The minimum absolute atomic E-state index is 0.243. The van der Waals surface area contributed by atoms with Gasteiger partial charge < -0.3 is 10.6 Å². The van der Waals surface area contributed by atoms with Crippen molar-refractivity contribution in [2.45, 2.75) is 25.9 Å². The van der Waals surface area contributed by atoms with E-state index < -0.39 is 11.8 Å². The first-order valence-electron chi connectivity index (χ1n) is 9.14. The van der Waals surface area contributed by atoms with Crippen LogP contribution in [0.5, 0.6) is 0 Å². The molecule has 0 atom stereocenters. The smallest absolute Gasteiger partial charge is 0.309 e. The molecule has 3 rings (SSSR count). The Bertz CT molecular complexity index is 758. The number of halogens is 1. The molecule has 2 aromatic rings. The van der Waals surface area contributed by atoms with Gasteiger partial charge in [-0.25, -0.2) is 0 Å². The second-order valence-corrected chi connectivity index (χ2v) is 8.02. The molecule has 1 fully saturated rings. The molecular weight excluding hydrogens is 382 g/mol. The maximum Gasteiger partial charge on any atom is 0.309 e. The Hall–Kier alpha value is -1.89. The third-order valence-electron chi connectivity index (χ3n) is 4.85. The lowest BCUT2D eigenvalue weighted by molar-refractivity contribution is -0.139. The summed E-state index contributed by atoms with van der Waals surface area (Å²) in [5.74, 6) is -0.781. The summed E-state index contributed by atoms with van der Waals surface area (Å²) in [5, 5.41) is 10.2. The molecule has 1 aromatic heterocycles. The first-order valence-corrected chi connectivity index (χ1v) is 10.5. The number of hydrogen-bond acceptors (Lipinski definition) is 4. The second-order valence-electron chi connectivity index (χ2n) is 6.84. The van der Waals surface area contributed by atoms with Crippen LogP contribution >= 0.6 is 22.9 Å². The molecule has 0 aliphatic carbocycles. The summed E-state index contributed by atoms with van der Waals surface area (Å²) < 4.78 is 0. The zero-order chi connectivity index (χ0) is 19.1. The summed E-state index contributed by atoms with van der Waals surface area (Å²) in [7, 11) is 0. The molecule has 1 aliphatic rings. The fourth-order valence-corrected chi connectivity index (χ4v) is 4.07. The number of hydrogen-bond donors (Lipinski definition) is 2. The number of likely N-dealkylation sites (tertiary alicyclic amines) is 1. The Kier molecular flexibility index (Phi) is 7.26. The summed E-state index contributed by atoms with van der Waals surface area (Å²) in [6, 6.07) is 9.42. The highest BCUT2D eigenvalue weighted by molar-refractivity contribution is 7.07. The third kappa shape index (κ3) is 6.06. The van der Waals surface area contributed by atoms with Crippen LogP contribution in [0.4, 0.5) is 0 Å². The first kappa shape index (κ1) is 19.9. The van der Waals surface area contributed by atoms with E-state index >= 15 is 0 Å². The molecule has 7 heteroatoms. The SMILES string of the molecule is O=C(NCc1ccccc1Cl)C(=O)NCC1CCN(Cc2ccsc2)CC1. The molecule has 0 bridgehead atoms. The van der Waals surface area contributed by atoms with Crippen molar-refractivity contribution in [1.82, 2.24) is 15.5 Å². The number of nitrogens with one attached hydrogen (secondary N) is 2. The van der Waals surface area contributed by atoms with Crippen LogP contribution in [0.3, 0.4) is 0 Å². The highest BCUT2D eigenvalue weighted by Crippen LogP contribution is 2.19. The average molecular weight is 406 g/mol. The van der Waals surface area contributed by atoms with E-state index in [4.69, 9.17) is 11.6 Å². The van der Waals surface area contributed by atoms with Crippen LogP contribution in [-0.2, 0) is 22.7 Å². The number of carbonyl (C=O) groups excluding carboxylic acids is 2. The number of thiophene rings is 1. The van der Waals surface area contributed by atoms with Crippen LogP contribution in [0, 0.1) is 5.92 Å². The Balaban J connectivity index is 1.34. The molecule has 0 radical (unpaired) electrons. The van der Waals surface area contributed by atoms with Gasteiger partial charge in [0.1, 0.15) is 0 Å². The molecule has 2 amide bonds. The van der Waals surface area contributed by atoms with E-state index in [0.717, 1.165) is 38.0 Å². The maximum absolute atomic E-state index is 12.0. The van der Waals surface area contributed by atoms with Gasteiger partial charge in [-0.1, -0.05) is 29.8 Å².